The Balaban J connectivity index is 2.06. The van der Waals surface area contributed by atoms with Crippen LogP contribution in [0.3, 0.4) is 0 Å². The molecule has 1 atom stereocenters. The monoisotopic (exact) mass is 279 g/mol. The van der Waals surface area contributed by atoms with Gasteiger partial charge in [0.2, 0.25) is 0 Å². The third-order valence-electron chi connectivity index (χ3n) is 3.36. The summed E-state index contributed by atoms with van der Waals surface area (Å²) in [4.78, 5) is 14.5. The van der Waals surface area contributed by atoms with E-state index in [-0.39, 0.29) is 11.7 Å². The van der Waals surface area contributed by atoms with Crippen LogP contribution in [0.1, 0.15) is 17.2 Å². The summed E-state index contributed by atoms with van der Waals surface area (Å²) in [5.41, 5.74) is 2.17. The van der Waals surface area contributed by atoms with Crippen molar-refractivity contribution in [2.45, 2.75) is 6.04 Å². The number of imidazole rings is 1. The van der Waals surface area contributed by atoms with Gasteiger partial charge in [0.25, 0.3) is 5.69 Å². The molecule has 0 amide bonds. The fourth-order valence-corrected chi connectivity index (χ4v) is 2.37. The molecule has 0 N–H and O–H groups in total. The van der Waals surface area contributed by atoms with Crippen molar-refractivity contribution in [3.63, 3.8) is 0 Å². The molecule has 0 spiro atoms. The highest BCUT2D eigenvalue weighted by molar-refractivity contribution is 5.38. The molecule has 1 heterocycles. The standard InChI is InChI=1S/C16H13N3O2/c20-19(21)15-8-6-14(7-9-15)16(18-11-10-17-12-18)13-4-2-1-3-5-13/h1-12,16H. The number of hydrogen-bond donors (Lipinski definition) is 0. The minimum atomic E-state index is -0.390. The molecule has 0 aliphatic carbocycles. The van der Waals surface area contributed by atoms with Crippen molar-refractivity contribution < 1.29 is 4.92 Å². The van der Waals surface area contributed by atoms with E-state index < -0.39 is 4.92 Å². The van der Waals surface area contributed by atoms with Gasteiger partial charge in [-0.3, -0.25) is 10.1 Å². The Kier molecular flexibility index (Phi) is 3.47. The zero-order valence-corrected chi connectivity index (χ0v) is 11.2. The fourth-order valence-electron chi connectivity index (χ4n) is 2.37. The van der Waals surface area contributed by atoms with Gasteiger partial charge in [0.15, 0.2) is 0 Å². The summed E-state index contributed by atoms with van der Waals surface area (Å²) in [7, 11) is 0. The topological polar surface area (TPSA) is 61.0 Å². The quantitative estimate of drug-likeness (QED) is 0.543. The Morgan fingerprint density at radius 1 is 1.00 bits per heavy atom. The van der Waals surface area contributed by atoms with E-state index in [4.69, 9.17) is 0 Å². The Morgan fingerprint density at radius 3 is 2.24 bits per heavy atom. The van der Waals surface area contributed by atoms with Crippen LogP contribution in [0.25, 0.3) is 0 Å². The first-order chi connectivity index (χ1) is 10.3. The second kappa shape index (κ2) is 5.58. The predicted molar refractivity (Wildman–Crippen MR) is 79.0 cm³/mol. The Morgan fingerprint density at radius 2 is 1.67 bits per heavy atom. The van der Waals surface area contributed by atoms with Crippen LogP contribution in [0.2, 0.25) is 0 Å². The number of non-ortho nitro benzene ring substituents is 1. The molecule has 0 fully saturated rings. The van der Waals surface area contributed by atoms with E-state index in [0.717, 1.165) is 11.1 Å². The van der Waals surface area contributed by atoms with Crippen molar-refractivity contribution in [1.29, 1.82) is 0 Å². The first-order valence-corrected chi connectivity index (χ1v) is 6.52. The smallest absolute Gasteiger partial charge is 0.269 e. The largest absolute Gasteiger partial charge is 0.326 e. The molecule has 1 unspecified atom stereocenters. The van der Waals surface area contributed by atoms with Gasteiger partial charge >= 0.3 is 0 Å². The number of nitro benzene ring substituents is 1. The molecule has 1 aromatic heterocycles. The molecule has 21 heavy (non-hydrogen) atoms. The normalized spacial score (nSPS) is 12.0. The van der Waals surface area contributed by atoms with Crippen LogP contribution >= 0.6 is 0 Å². The molecule has 5 nitrogen and oxygen atoms in total. The zero-order chi connectivity index (χ0) is 14.7. The van der Waals surface area contributed by atoms with E-state index in [1.807, 2.05) is 41.1 Å². The molecule has 0 radical (unpaired) electrons. The molecule has 104 valence electrons. The maximum absolute atomic E-state index is 10.8. The lowest BCUT2D eigenvalue weighted by Gasteiger charge is -2.19. The van der Waals surface area contributed by atoms with Gasteiger partial charge in [0.05, 0.1) is 17.3 Å². The molecular weight excluding hydrogens is 266 g/mol. The van der Waals surface area contributed by atoms with Crippen LogP contribution in [0.15, 0.2) is 73.3 Å². The number of aromatic nitrogens is 2. The maximum atomic E-state index is 10.8. The summed E-state index contributed by atoms with van der Waals surface area (Å²) in [5, 5.41) is 10.8. The van der Waals surface area contributed by atoms with Crippen LogP contribution in [0, 0.1) is 10.1 Å². The van der Waals surface area contributed by atoms with E-state index >= 15 is 0 Å². The zero-order valence-electron chi connectivity index (χ0n) is 11.2. The summed E-state index contributed by atoms with van der Waals surface area (Å²) in [6.45, 7) is 0. The number of benzene rings is 2. The predicted octanol–water partition coefficient (Wildman–Crippen LogP) is 3.43. The molecule has 0 saturated carbocycles. The average molecular weight is 279 g/mol. The molecule has 3 aromatic rings. The van der Waals surface area contributed by atoms with Gasteiger partial charge in [0, 0.05) is 24.5 Å². The van der Waals surface area contributed by atoms with Gasteiger partial charge < -0.3 is 4.57 Å². The first kappa shape index (κ1) is 13.1. The number of rotatable bonds is 4. The second-order valence-corrected chi connectivity index (χ2v) is 4.67. The Hall–Kier alpha value is -2.95. The van der Waals surface area contributed by atoms with Crippen molar-refractivity contribution in [3.05, 3.63) is 94.6 Å². The molecule has 0 aliphatic rings. The number of hydrogen-bond acceptors (Lipinski definition) is 3. The molecule has 0 bridgehead atoms. The van der Waals surface area contributed by atoms with E-state index in [1.54, 1.807) is 24.7 Å². The van der Waals surface area contributed by atoms with Crippen molar-refractivity contribution in [2.75, 3.05) is 0 Å². The summed E-state index contributed by atoms with van der Waals surface area (Å²) >= 11 is 0. The molecule has 2 aromatic carbocycles. The second-order valence-electron chi connectivity index (χ2n) is 4.67. The fraction of sp³-hybridized carbons (Fsp3) is 0.0625. The van der Waals surface area contributed by atoms with Gasteiger partial charge in [-0.2, -0.15) is 0 Å². The minimum absolute atomic E-state index is 0.0468. The van der Waals surface area contributed by atoms with Gasteiger partial charge in [-0.1, -0.05) is 30.3 Å². The van der Waals surface area contributed by atoms with Crippen LogP contribution in [0.4, 0.5) is 5.69 Å². The SMILES string of the molecule is O=[N+]([O-])c1ccc(C(c2ccccc2)n2ccnc2)cc1. The van der Waals surface area contributed by atoms with E-state index in [0.29, 0.717) is 0 Å². The first-order valence-electron chi connectivity index (χ1n) is 6.52. The molecule has 0 aliphatic heterocycles. The highest BCUT2D eigenvalue weighted by Gasteiger charge is 2.16. The van der Waals surface area contributed by atoms with Gasteiger partial charge in [-0.25, -0.2) is 4.98 Å². The van der Waals surface area contributed by atoms with Crippen molar-refractivity contribution >= 4 is 5.69 Å². The van der Waals surface area contributed by atoms with Crippen LogP contribution in [0.5, 0.6) is 0 Å². The van der Waals surface area contributed by atoms with Crippen LogP contribution in [-0.4, -0.2) is 14.5 Å². The molecule has 0 saturated heterocycles. The Bertz CT molecular complexity index is 722. The molecule has 5 heteroatoms. The summed E-state index contributed by atoms with van der Waals surface area (Å²) in [6.07, 6.45) is 5.36. The van der Waals surface area contributed by atoms with Gasteiger partial charge in [-0.15, -0.1) is 0 Å². The highest BCUT2D eigenvalue weighted by Crippen LogP contribution is 2.27. The van der Waals surface area contributed by atoms with Crippen molar-refractivity contribution in [2.24, 2.45) is 0 Å². The van der Waals surface area contributed by atoms with E-state index in [1.165, 1.54) is 12.1 Å². The van der Waals surface area contributed by atoms with Gasteiger partial charge in [0.1, 0.15) is 0 Å². The lowest BCUT2D eigenvalue weighted by molar-refractivity contribution is -0.384. The number of nitrogens with zero attached hydrogens (tertiary/aromatic N) is 3. The van der Waals surface area contributed by atoms with E-state index in [9.17, 15) is 10.1 Å². The van der Waals surface area contributed by atoms with Crippen LogP contribution < -0.4 is 0 Å². The van der Waals surface area contributed by atoms with Gasteiger partial charge in [-0.05, 0) is 23.3 Å². The van der Waals surface area contributed by atoms with E-state index in [2.05, 4.69) is 4.98 Å². The average Bonchev–Trinajstić information content (AvgIpc) is 3.03. The molecular formula is C16H13N3O2. The third-order valence-corrected chi connectivity index (χ3v) is 3.36. The van der Waals surface area contributed by atoms with Crippen molar-refractivity contribution in [3.8, 4) is 0 Å². The number of nitro groups is 1. The third kappa shape index (κ3) is 2.67. The summed E-state index contributed by atoms with van der Waals surface area (Å²) in [6, 6.07) is 16.6. The lowest BCUT2D eigenvalue weighted by Crippen LogP contribution is -2.10. The van der Waals surface area contributed by atoms with Crippen LogP contribution in [-0.2, 0) is 0 Å². The summed E-state index contributed by atoms with van der Waals surface area (Å²) < 4.78 is 1.98. The summed E-state index contributed by atoms with van der Waals surface area (Å²) in [5.74, 6) is 0. The molecule has 3 rings (SSSR count). The highest BCUT2D eigenvalue weighted by atomic mass is 16.6. The Labute approximate surface area is 121 Å². The van der Waals surface area contributed by atoms with Crippen molar-refractivity contribution in [1.82, 2.24) is 9.55 Å². The minimum Gasteiger partial charge on any atom is -0.326 e. The maximum Gasteiger partial charge on any atom is 0.269 e. The lowest BCUT2D eigenvalue weighted by atomic mass is 9.98.